The second kappa shape index (κ2) is 10.6. The Morgan fingerprint density at radius 1 is 1.07 bits per heavy atom. The number of nitrogens with zero attached hydrogens (tertiary/aromatic N) is 1. The molecule has 156 valence electrons. The first-order valence-electron chi connectivity index (χ1n) is 8.73. The molecule has 0 aliphatic rings. The van der Waals surface area contributed by atoms with Crippen LogP contribution in [-0.4, -0.2) is 35.2 Å². The summed E-state index contributed by atoms with van der Waals surface area (Å²) in [6.07, 6.45) is 0.750. The van der Waals surface area contributed by atoms with Gasteiger partial charge in [-0.25, -0.2) is 4.98 Å². The van der Waals surface area contributed by atoms with Gasteiger partial charge in [0.05, 0.1) is 0 Å². The second-order valence-corrected chi connectivity index (χ2v) is 6.75. The van der Waals surface area contributed by atoms with Crippen molar-refractivity contribution in [3.63, 3.8) is 0 Å². The molecule has 0 fully saturated rings. The van der Waals surface area contributed by atoms with Crippen LogP contribution in [0.5, 0.6) is 5.75 Å². The summed E-state index contributed by atoms with van der Waals surface area (Å²) >= 11 is 1.09. The zero-order chi connectivity index (χ0) is 22.1. The fourth-order valence-corrected chi connectivity index (χ4v) is 3.14. The molecule has 2 aromatic carbocycles. The molecule has 3 aromatic rings. The van der Waals surface area contributed by atoms with Crippen LogP contribution in [-0.2, 0) is 4.79 Å². The van der Waals surface area contributed by atoms with Gasteiger partial charge in [0, 0.05) is 24.0 Å². The average Bonchev–Trinajstić information content (AvgIpc) is 3.13. The molecule has 0 saturated carbocycles. The molecule has 0 saturated heterocycles. The van der Waals surface area contributed by atoms with E-state index in [0.717, 1.165) is 23.3 Å². The number of thiazole rings is 1. The predicted molar refractivity (Wildman–Crippen MR) is 118 cm³/mol. The first-order chi connectivity index (χ1) is 14.4. The van der Waals surface area contributed by atoms with Gasteiger partial charge in [-0.3, -0.25) is 9.59 Å². The molecule has 0 aliphatic carbocycles. The van der Waals surface area contributed by atoms with Crippen LogP contribution in [0.25, 0.3) is 0 Å². The number of hydrogen-bond donors (Lipinski definition) is 5. The van der Waals surface area contributed by atoms with Gasteiger partial charge in [0.2, 0.25) is 0 Å². The van der Waals surface area contributed by atoms with Gasteiger partial charge in [0.25, 0.3) is 11.8 Å². The van der Waals surface area contributed by atoms with Gasteiger partial charge in [-0.15, -0.1) is 0 Å². The highest BCUT2D eigenvalue weighted by Crippen LogP contribution is 2.31. The first kappa shape index (κ1) is 22.4. The molecule has 10 heteroatoms. The lowest BCUT2D eigenvalue weighted by Crippen LogP contribution is -2.17. The lowest BCUT2D eigenvalue weighted by Gasteiger charge is -2.05. The average molecular weight is 427 g/mol. The summed E-state index contributed by atoms with van der Waals surface area (Å²) in [6, 6.07) is 13.2. The Labute approximate surface area is 177 Å². The lowest BCUT2D eigenvalue weighted by atomic mass is 10.2. The molecule has 30 heavy (non-hydrogen) atoms. The van der Waals surface area contributed by atoms with Crippen LogP contribution in [0.1, 0.15) is 27.8 Å². The third kappa shape index (κ3) is 6.04. The Kier molecular flexibility index (Phi) is 7.89. The van der Waals surface area contributed by atoms with E-state index in [-0.39, 0.29) is 22.4 Å². The fourth-order valence-electron chi connectivity index (χ4n) is 2.26. The Hall–Kier alpha value is -3.92. The first-order valence-corrected chi connectivity index (χ1v) is 9.55. The number of phenols is 1. The molecule has 2 amide bonds. The summed E-state index contributed by atoms with van der Waals surface area (Å²) in [7, 11) is 1.79. The van der Waals surface area contributed by atoms with Gasteiger partial charge in [-0.2, -0.15) is 0 Å². The molecule has 0 aliphatic heterocycles. The number of anilines is 4. The van der Waals surface area contributed by atoms with Crippen molar-refractivity contribution in [2.75, 3.05) is 23.0 Å². The Morgan fingerprint density at radius 2 is 1.63 bits per heavy atom. The zero-order valence-corrected chi connectivity index (χ0v) is 17.1. The minimum Gasteiger partial charge on any atom is -0.508 e. The maximum absolute atomic E-state index is 12.4. The van der Waals surface area contributed by atoms with E-state index < -0.39 is 5.91 Å². The van der Waals surface area contributed by atoms with Crippen LogP contribution >= 0.6 is 11.3 Å². The van der Waals surface area contributed by atoms with Crippen molar-refractivity contribution in [2.24, 2.45) is 5.73 Å². The zero-order valence-electron chi connectivity index (χ0n) is 16.3. The number of phenolic OH excluding ortho intramolecular Hbond substituents is 1. The lowest BCUT2D eigenvalue weighted by molar-refractivity contribution is -0.106. The third-order valence-corrected chi connectivity index (χ3v) is 4.53. The van der Waals surface area contributed by atoms with Crippen LogP contribution in [0.3, 0.4) is 0 Å². The maximum atomic E-state index is 12.4. The van der Waals surface area contributed by atoms with Crippen molar-refractivity contribution in [1.82, 2.24) is 4.98 Å². The number of carbonyl (C=O) groups is 3. The largest absolute Gasteiger partial charge is 0.508 e. The molecular weight excluding hydrogens is 406 g/mol. The minimum atomic E-state index is -0.745. The SMILES string of the molecule is CC=O.CNc1ccc(C(=O)Nc2sc(Nc3ccc(O)cc3)nc2C(N)=O)cc1. The van der Waals surface area contributed by atoms with Crippen LogP contribution in [0.2, 0.25) is 0 Å². The summed E-state index contributed by atoms with van der Waals surface area (Å²) < 4.78 is 0. The van der Waals surface area contributed by atoms with Crippen molar-refractivity contribution in [1.29, 1.82) is 0 Å². The number of benzene rings is 2. The highest BCUT2D eigenvalue weighted by atomic mass is 32.1. The van der Waals surface area contributed by atoms with Crippen LogP contribution in [0, 0.1) is 0 Å². The highest BCUT2D eigenvalue weighted by molar-refractivity contribution is 7.20. The third-order valence-electron chi connectivity index (χ3n) is 3.64. The van der Waals surface area contributed by atoms with Crippen molar-refractivity contribution in [3.8, 4) is 5.75 Å². The monoisotopic (exact) mass is 427 g/mol. The standard InChI is InChI=1S/C18H17N5O3S.C2H4O/c1-20-11-4-2-10(3-5-11)16(26)23-17-14(15(19)25)22-18(27-17)21-12-6-8-13(24)9-7-12;1-2-3/h2-9,20,24H,1H3,(H2,19,25)(H,21,22)(H,23,26);2H,1H3. The topological polar surface area (TPSA) is 146 Å². The second-order valence-electron chi connectivity index (χ2n) is 5.75. The summed E-state index contributed by atoms with van der Waals surface area (Å²) in [5, 5.41) is 18.6. The molecule has 0 unspecified atom stereocenters. The summed E-state index contributed by atoms with van der Waals surface area (Å²) in [6.45, 7) is 1.44. The minimum absolute atomic E-state index is 0.0264. The summed E-state index contributed by atoms with van der Waals surface area (Å²) in [4.78, 5) is 37.1. The normalized spacial score (nSPS) is 9.67. The predicted octanol–water partition coefficient (Wildman–Crippen LogP) is 3.19. The van der Waals surface area contributed by atoms with Gasteiger partial charge in [-0.1, -0.05) is 11.3 Å². The van der Waals surface area contributed by atoms with Crippen molar-refractivity contribution in [3.05, 3.63) is 59.8 Å². The van der Waals surface area contributed by atoms with Gasteiger partial charge in [-0.05, 0) is 55.5 Å². The van der Waals surface area contributed by atoms with E-state index in [0.29, 0.717) is 16.4 Å². The van der Waals surface area contributed by atoms with E-state index in [9.17, 15) is 14.7 Å². The van der Waals surface area contributed by atoms with Crippen molar-refractivity contribution in [2.45, 2.75) is 6.92 Å². The van der Waals surface area contributed by atoms with E-state index >= 15 is 0 Å². The highest BCUT2D eigenvalue weighted by Gasteiger charge is 2.19. The number of aromatic nitrogens is 1. The molecule has 0 bridgehead atoms. The number of rotatable bonds is 6. The number of amides is 2. The molecule has 0 atom stereocenters. The Balaban J connectivity index is 0.00000101. The van der Waals surface area contributed by atoms with E-state index in [4.69, 9.17) is 10.5 Å². The van der Waals surface area contributed by atoms with Gasteiger partial charge >= 0.3 is 0 Å². The van der Waals surface area contributed by atoms with Crippen molar-refractivity contribution < 1.29 is 19.5 Å². The smallest absolute Gasteiger partial charge is 0.270 e. The van der Waals surface area contributed by atoms with Gasteiger partial charge in [0.1, 0.15) is 17.0 Å². The summed E-state index contributed by atoms with van der Waals surface area (Å²) in [5.74, 6) is -0.986. The number of hydrogen-bond acceptors (Lipinski definition) is 8. The molecule has 6 N–H and O–H groups in total. The molecule has 9 nitrogen and oxygen atoms in total. The summed E-state index contributed by atoms with van der Waals surface area (Å²) in [5.41, 5.74) is 7.33. The number of nitrogens with two attached hydrogens (primary N) is 1. The van der Waals surface area contributed by atoms with E-state index in [1.54, 1.807) is 43.4 Å². The van der Waals surface area contributed by atoms with E-state index in [2.05, 4.69) is 20.9 Å². The molecule has 1 heterocycles. The quantitative estimate of drug-likeness (QED) is 0.300. The molecule has 0 spiro atoms. The molecule has 3 rings (SSSR count). The number of aromatic hydroxyl groups is 1. The van der Waals surface area contributed by atoms with Gasteiger partial charge in [0.15, 0.2) is 10.8 Å². The van der Waals surface area contributed by atoms with E-state index in [1.165, 1.54) is 19.1 Å². The molecule has 0 radical (unpaired) electrons. The molecule has 1 aromatic heterocycles. The van der Waals surface area contributed by atoms with E-state index in [1.807, 2.05) is 0 Å². The van der Waals surface area contributed by atoms with Crippen molar-refractivity contribution >= 4 is 50.9 Å². The number of carbonyl (C=O) groups excluding carboxylic acids is 3. The van der Waals surface area contributed by atoms with Gasteiger partial charge < -0.3 is 31.6 Å². The number of nitrogens with one attached hydrogen (secondary N) is 3. The maximum Gasteiger partial charge on any atom is 0.270 e. The molecular formula is C20H21N5O4S. The number of aldehydes is 1. The van der Waals surface area contributed by atoms with Crippen LogP contribution < -0.4 is 21.7 Å². The fraction of sp³-hybridized carbons (Fsp3) is 0.100. The Bertz CT molecular complexity index is 1020. The van der Waals surface area contributed by atoms with Crippen LogP contribution in [0.15, 0.2) is 48.5 Å². The Morgan fingerprint density at radius 3 is 2.17 bits per heavy atom. The number of primary amides is 1. The van der Waals surface area contributed by atoms with Crippen LogP contribution in [0.4, 0.5) is 21.5 Å².